The molecule has 0 saturated heterocycles. The molecule has 0 saturated carbocycles. The largest absolute Gasteiger partial charge is 0.321 e. The molecule has 1 N–H and O–H groups in total. The van der Waals surface area contributed by atoms with Crippen LogP contribution in [0.4, 0.5) is 5.69 Å². The Kier molecular flexibility index (Phi) is 4.85. The fraction of sp³-hybridized carbons (Fsp3) is 0. The molecule has 0 atom stereocenters. The monoisotopic (exact) mass is 391 g/mol. The van der Waals surface area contributed by atoms with Crippen molar-refractivity contribution >= 4 is 45.6 Å². The number of nitrogens with one attached hydrogen (secondary N) is 1. The summed E-state index contributed by atoms with van der Waals surface area (Å²) in [5.74, 6) is -0.219. The third-order valence-electron chi connectivity index (χ3n) is 4.43. The maximum absolute atomic E-state index is 12.5. The molecule has 4 aromatic rings. The van der Waals surface area contributed by atoms with E-state index in [2.05, 4.69) is 29.6 Å². The molecule has 0 aliphatic heterocycles. The molecule has 132 valence electrons. The first-order valence-electron chi connectivity index (χ1n) is 8.46. The maximum atomic E-state index is 12.5. The van der Waals surface area contributed by atoms with Gasteiger partial charge in [0.1, 0.15) is 0 Å². The normalized spacial score (nSPS) is 10.7. The summed E-state index contributed by atoms with van der Waals surface area (Å²) in [6.07, 6.45) is 0. The van der Waals surface area contributed by atoms with Crippen molar-refractivity contribution in [2.45, 2.75) is 0 Å². The van der Waals surface area contributed by atoms with Crippen LogP contribution in [0.1, 0.15) is 10.4 Å². The lowest BCUT2D eigenvalue weighted by atomic mass is 9.97. The maximum Gasteiger partial charge on any atom is 0.255 e. The number of amides is 1. The average Bonchev–Trinajstić information content (AvgIpc) is 2.70. The van der Waals surface area contributed by atoms with Crippen molar-refractivity contribution < 1.29 is 4.79 Å². The van der Waals surface area contributed by atoms with Crippen LogP contribution in [-0.2, 0) is 0 Å². The standard InChI is InChI=1S/C23H15Cl2NO/c24-18-12-13-22(21(25)14-18)26-23(27)17-10-8-16(9-11-17)20-7-3-5-15-4-1-2-6-19(15)20/h1-14H,(H,26,27). The minimum absolute atomic E-state index is 0.219. The first kappa shape index (κ1) is 17.6. The molecule has 4 rings (SSSR count). The van der Waals surface area contributed by atoms with Gasteiger partial charge < -0.3 is 5.32 Å². The first-order valence-corrected chi connectivity index (χ1v) is 9.22. The molecule has 0 aliphatic rings. The van der Waals surface area contributed by atoms with Gasteiger partial charge in [-0.2, -0.15) is 0 Å². The molecule has 0 spiro atoms. The van der Waals surface area contributed by atoms with Gasteiger partial charge in [-0.3, -0.25) is 4.79 Å². The molecule has 4 heteroatoms. The highest BCUT2D eigenvalue weighted by molar-refractivity contribution is 6.36. The van der Waals surface area contributed by atoms with E-state index in [4.69, 9.17) is 23.2 Å². The predicted octanol–water partition coefficient (Wildman–Crippen LogP) is 7.07. The minimum atomic E-state index is -0.219. The van der Waals surface area contributed by atoms with E-state index >= 15 is 0 Å². The summed E-state index contributed by atoms with van der Waals surface area (Å²) in [4.78, 5) is 12.5. The highest BCUT2D eigenvalue weighted by Gasteiger charge is 2.10. The van der Waals surface area contributed by atoms with Crippen molar-refractivity contribution in [3.63, 3.8) is 0 Å². The quantitative estimate of drug-likeness (QED) is 0.397. The number of carbonyl (C=O) groups excluding carboxylic acids is 1. The summed E-state index contributed by atoms with van der Waals surface area (Å²) in [6, 6.07) is 27.0. The lowest BCUT2D eigenvalue weighted by molar-refractivity contribution is 0.102. The van der Waals surface area contributed by atoms with Crippen molar-refractivity contribution in [2.24, 2.45) is 0 Å². The van der Waals surface area contributed by atoms with E-state index in [9.17, 15) is 4.79 Å². The van der Waals surface area contributed by atoms with E-state index < -0.39 is 0 Å². The van der Waals surface area contributed by atoms with E-state index in [0.717, 1.165) is 11.1 Å². The molecule has 0 aromatic heterocycles. The van der Waals surface area contributed by atoms with Crippen LogP contribution in [-0.4, -0.2) is 5.91 Å². The second kappa shape index (κ2) is 7.43. The van der Waals surface area contributed by atoms with Gasteiger partial charge in [0, 0.05) is 10.6 Å². The number of hydrogen-bond acceptors (Lipinski definition) is 1. The zero-order valence-corrected chi connectivity index (χ0v) is 15.8. The Hall–Kier alpha value is -2.81. The average molecular weight is 392 g/mol. The summed E-state index contributed by atoms with van der Waals surface area (Å²) in [5, 5.41) is 6.12. The topological polar surface area (TPSA) is 29.1 Å². The minimum Gasteiger partial charge on any atom is -0.321 e. The molecule has 0 fully saturated rings. The number of benzene rings is 4. The molecule has 0 aliphatic carbocycles. The Morgan fingerprint density at radius 3 is 2.30 bits per heavy atom. The van der Waals surface area contributed by atoms with E-state index in [1.807, 2.05) is 42.5 Å². The Bertz CT molecular complexity index is 1130. The molecule has 27 heavy (non-hydrogen) atoms. The highest BCUT2D eigenvalue weighted by atomic mass is 35.5. The Labute approximate surface area is 167 Å². The summed E-state index contributed by atoms with van der Waals surface area (Å²) in [5.41, 5.74) is 3.29. The molecule has 0 heterocycles. The van der Waals surface area contributed by atoms with Gasteiger partial charge in [-0.15, -0.1) is 0 Å². The third kappa shape index (κ3) is 3.68. The van der Waals surface area contributed by atoms with Crippen molar-refractivity contribution in [3.8, 4) is 11.1 Å². The Morgan fingerprint density at radius 2 is 1.52 bits per heavy atom. The zero-order chi connectivity index (χ0) is 18.8. The lowest BCUT2D eigenvalue weighted by Crippen LogP contribution is -2.12. The van der Waals surface area contributed by atoms with Gasteiger partial charge in [0.2, 0.25) is 0 Å². The SMILES string of the molecule is O=C(Nc1ccc(Cl)cc1Cl)c1ccc(-c2cccc3ccccc23)cc1. The van der Waals surface area contributed by atoms with Crippen LogP contribution in [0.25, 0.3) is 21.9 Å². The number of carbonyl (C=O) groups is 1. The fourth-order valence-corrected chi connectivity index (χ4v) is 3.52. The van der Waals surface area contributed by atoms with E-state index in [1.54, 1.807) is 18.2 Å². The Morgan fingerprint density at radius 1 is 0.778 bits per heavy atom. The van der Waals surface area contributed by atoms with Gasteiger partial charge in [0.25, 0.3) is 5.91 Å². The summed E-state index contributed by atoms with van der Waals surface area (Å²) < 4.78 is 0. The molecule has 0 radical (unpaired) electrons. The van der Waals surface area contributed by atoms with E-state index in [0.29, 0.717) is 21.3 Å². The molecule has 0 unspecified atom stereocenters. The second-order valence-electron chi connectivity index (χ2n) is 6.18. The third-order valence-corrected chi connectivity index (χ3v) is 4.97. The van der Waals surface area contributed by atoms with Crippen molar-refractivity contribution in [2.75, 3.05) is 5.32 Å². The van der Waals surface area contributed by atoms with Crippen LogP contribution in [0.2, 0.25) is 10.0 Å². The molecular formula is C23H15Cl2NO. The van der Waals surface area contributed by atoms with Gasteiger partial charge in [0.05, 0.1) is 10.7 Å². The smallest absolute Gasteiger partial charge is 0.255 e. The van der Waals surface area contributed by atoms with Gasteiger partial charge in [-0.25, -0.2) is 0 Å². The van der Waals surface area contributed by atoms with Crippen LogP contribution in [0.3, 0.4) is 0 Å². The molecule has 2 nitrogen and oxygen atoms in total. The van der Waals surface area contributed by atoms with Gasteiger partial charge >= 0.3 is 0 Å². The van der Waals surface area contributed by atoms with Crippen LogP contribution in [0.5, 0.6) is 0 Å². The zero-order valence-electron chi connectivity index (χ0n) is 14.2. The van der Waals surface area contributed by atoms with Gasteiger partial charge in [0.15, 0.2) is 0 Å². The van der Waals surface area contributed by atoms with Crippen LogP contribution in [0, 0.1) is 0 Å². The summed E-state index contributed by atoms with van der Waals surface area (Å²) in [6.45, 7) is 0. The van der Waals surface area contributed by atoms with Crippen molar-refractivity contribution in [1.29, 1.82) is 0 Å². The molecule has 0 bridgehead atoms. The van der Waals surface area contributed by atoms with Crippen LogP contribution >= 0.6 is 23.2 Å². The van der Waals surface area contributed by atoms with E-state index in [1.165, 1.54) is 10.8 Å². The van der Waals surface area contributed by atoms with Crippen LogP contribution in [0.15, 0.2) is 84.9 Å². The number of halogens is 2. The fourth-order valence-electron chi connectivity index (χ4n) is 3.06. The summed E-state index contributed by atoms with van der Waals surface area (Å²) in [7, 11) is 0. The lowest BCUT2D eigenvalue weighted by Gasteiger charge is -2.10. The van der Waals surface area contributed by atoms with Crippen molar-refractivity contribution in [3.05, 3.63) is 101 Å². The summed E-state index contributed by atoms with van der Waals surface area (Å²) >= 11 is 12.0. The number of anilines is 1. The van der Waals surface area contributed by atoms with E-state index in [-0.39, 0.29) is 5.91 Å². The molecule has 4 aromatic carbocycles. The second-order valence-corrected chi connectivity index (χ2v) is 7.03. The Balaban J connectivity index is 1.61. The highest BCUT2D eigenvalue weighted by Crippen LogP contribution is 2.29. The van der Waals surface area contributed by atoms with Gasteiger partial charge in [-0.05, 0) is 52.2 Å². The number of hydrogen-bond donors (Lipinski definition) is 1. The van der Waals surface area contributed by atoms with Crippen molar-refractivity contribution in [1.82, 2.24) is 0 Å². The number of fused-ring (bicyclic) bond motifs is 1. The first-order chi connectivity index (χ1) is 13.1. The van der Waals surface area contributed by atoms with Gasteiger partial charge in [-0.1, -0.05) is 77.8 Å². The van der Waals surface area contributed by atoms with Crippen LogP contribution < -0.4 is 5.32 Å². The number of rotatable bonds is 3. The molecular weight excluding hydrogens is 377 g/mol. The molecule has 1 amide bonds. The predicted molar refractivity (Wildman–Crippen MR) is 114 cm³/mol.